The normalized spacial score (nSPS) is 14.1. The van der Waals surface area contributed by atoms with Gasteiger partial charge in [-0.05, 0) is 31.7 Å². The number of halogens is 1. The van der Waals surface area contributed by atoms with E-state index in [0.29, 0.717) is 19.8 Å². The molecular weight excluding hydrogens is 405 g/mol. The molecule has 130 valence electrons. The predicted molar refractivity (Wildman–Crippen MR) is 105 cm³/mol. The predicted octanol–water partition coefficient (Wildman–Crippen LogP) is 2.79. The molecule has 1 saturated carbocycles. The molecule has 0 amide bonds. The molecule has 1 aliphatic carbocycles. The number of hydrogen-bond donors (Lipinski definition) is 2. The minimum Gasteiger partial charge on any atom is -0.494 e. The van der Waals surface area contributed by atoms with E-state index in [1.54, 1.807) is 7.05 Å². The van der Waals surface area contributed by atoms with Crippen LogP contribution in [0, 0.1) is 5.92 Å². The fraction of sp³-hybridized carbons (Fsp3) is 0.588. The second-order valence-corrected chi connectivity index (χ2v) is 5.41. The summed E-state index contributed by atoms with van der Waals surface area (Å²) in [5.74, 6) is 2.51. The first-order valence-electron chi connectivity index (χ1n) is 8.06. The van der Waals surface area contributed by atoms with Crippen LogP contribution in [-0.4, -0.2) is 39.4 Å². The molecule has 0 aromatic heterocycles. The lowest BCUT2D eigenvalue weighted by Crippen LogP contribution is -2.38. The van der Waals surface area contributed by atoms with Gasteiger partial charge in [0.25, 0.3) is 0 Å². The van der Waals surface area contributed by atoms with Gasteiger partial charge in [0.05, 0.1) is 13.2 Å². The van der Waals surface area contributed by atoms with E-state index in [4.69, 9.17) is 9.47 Å². The number of nitrogens with one attached hydrogen (secondary N) is 2. The van der Waals surface area contributed by atoms with Gasteiger partial charge in [-0.15, -0.1) is 24.0 Å². The van der Waals surface area contributed by atoms with Crippen molar-refractivity contribution in [3.05, 3.63) is 29.8 Å². The van der Waals surface area contributed by atoms with Gasteiger partial charge >= 0.3 is 0 Å². The van der Waals surface area contributed by atoms with Crippen LogP contribution in [0.25, 0.3) is 0 Å². The number of benzene rings is 1. The third-order valence-electron chi connectivity index (χ3n) is 3.53. The molecule has 1 aliphatic rings. The maximum absolute atomic E-state index is 5.62. The first-order valence-corrected chi connectivity index (χ1v) is 8.06. The zero-order chi connectivity index (χ0) is 15.6. The van der Waals surface area contributed by atoms with Gasteiger partial charge in [-0.3, -0.25) is 4.99 Å². The molecule has 2 rings (SSSR count). The summed E-state index contributed by atoms with van der Waals surface area (Å²) in [5, 5.41) is 6.56. The first-order chi connectivity index (χ1) is 10.8. The van der Waals surface area contributed by atoms with E-state index in [2.05, 4.69) is 21.7 Å². The molecule has 5 nitrogen and oxygen atoms in total. The Morgan fingerprint density at radius 3 is 2.74 bits per heavy atom. The molecule has 2 N–H and O–H groups in total. The summed E-state index contributed by atoms with van der Waals surface area (Å²) in [7, 11) is 1.77. The molecule has 0 heterocycles. The second-order valence-electron chi connectivity index (χ2n) is 5.41. The Hall–Kier alpha value is -1.02. The Labute approximate surface area is 156 Å². The van der Waals surface area contributed by atoms with Crippen molar-refractivity contribution in [1.82, 2.24) is 10.6 Å². The van der Waals surface area contributed by atoms with Crippen molar-refractivity contribution in [2.45, 2.75) is 26.3 Å². The minimum atomic E-state index is 0. The molecule has 0 bridgehead atoms. The molecule has 23 heavy (non-hydrogen) atoms. The van der Waals surface area contributed by atoms with Crippen LogP contribution >= 0.6 is 24.0 Å². The van der Waals surface area contributed by atoms with Crippen LogP contribution in [0.2, 0.25) is 0 Å². The maximum atomic E-state index is 5.62. The summed E-state index contributed by atoms with van der Waals surface area (Å²) < 4.78 is 11.2. The van der Waals surface area contributed by atoms with Crippen LogP contribution in [0.4, 0.5) is 0 Å². The van der Waals surface area contributed by atoms with Gasteiger partial charge in [0, 0.05) is 32.3 Å². The van der Waals surface area contributed by atoms with Crippen molar-refractivity contribution in [3.8, 4) is 5.75 Å². The highest BCUT2D eigenvalue weighted by atomic mass is 127. The van der Waals surface area contributed by atoms with E-state index >= 15 is 0 Å². The van der Waals surface area contributed by atoms with Gasteiger partial charge in [-0.1, -0.05) is 18.2 Å². The quantitative estimate of drug-likeness (QED) is 0.272. The summed E-state index contributed by atoms with van der Waals surface area (Å²) in [6.07, 6.45) is 2.66. The monoisotopic (exact) mass is 433 g/mol. The van der Waals surface area contributed by atoms with Crippen molar-refractivity contribution >= 4 is 29.9 Å². The Bertz CT molecular complexity index is 479. The number of nitrogens with zero attached hydrogens (tertiary/aromatic N) is 1. The van der Waals surface area contributed by atoms with Crippen molar-refractivity contribution in [3.63, 3.8) is 0 Å². The van der Waals surface area contributed by atoms with Crippen LogP contribution in [0.3, 0.4) is 0 Å². The summed E-state index contributed by atoms with van der Waals surface area (Å²) in [6.45, 7) is 5.72. The summed E-state index contributed by atoms with van der Waals surface area (Å²) >= 11 is 0. The van der Waals surface area contributed by atoms with E-state index in [1.807, 2.05) is 25.1 Å². The molecular formula is C17H28IN3O2. The smallest absolute Gasteiger partial charge is 0.191 e. The SMILES string of the molecule is CCOc1ccccc1CNC(=NC)NCCOCC1CC1.I. The fourth-order valence-electron chi connectivity index (χ4n) is 2.12. The zero-order valence-corrected chi connectivity index (χ0v) is 16.3. The van der Waals surface area contributed by atoms with Crippen LogP contribution in [0.15, 0.2) is 29.3 Å². The average molecular weight is 433 g/mol. The van der Waals surface area contributed by atoms with Crippen LogP contribution in [0.1, 0.15) is 25.3 Å². The summed E-state index contributed by atoms with van der Waals surface area (Å²) in [4.78, 5) is 4.22. The summed E-state index contributed by atoms with van der Waals surface area (Å²) in [6, 6.07) is 8.05. The topological polar surface area (TPSA) is 54.9 Å². The lowest BCUT2D eigenvalue weighted by Gasteiger charge is -2.14. The minimum absolute atomic E-state index is 0. The third-order valence-corrected chi connectivity index (χ3v) is 3.53. The van der Waals surface area contributed by atoms with E-state index in [9.17, 15) is 0 Å². The molecule has 0 saturated heterocycles. The fourth-order valence-corrected chi connectivity index (χ4v) is 2.12. The summed E-state index contributed by atoms with van der Waals surface area (Å²) in [5.41, 5.74) is 1.12. The van der Waals surface area contributed by atoms with E-state index < -0.39 is 0 Å². The van der Waals surface area contributed by atoms with E-state index in [-0.39, 0.29) is 24.0 Å². The number of ether oxygens (including phenoxy) is 2. The van der Waals surface area contributed by atoms with Crippen molar-refractivity contribution in [2.24, 2.45) is 10.9 Å². The number of guanidine groups is 1. The lowest BCUT2D eigenvalue weighted by atomic mass is 10.2. The van der Waals surface area contributed by atoms with Gasteiger partial charge in [0.2, 0.25) is 0 Å². The molecule has 0 spiro atoms. The molecule has 1 aromatic carbocycles. The molecule has 0 atom stereocenters. The Balaban J connectivity index is 0.00000264. The number of hydrogen-bond acceptors (Lipinski definition) is 3. The van der Waals surface area contributed by atoms with Crippen molar-refractivity contribution in [2.75, 3.05) is 33.4 Å². The molecule has 1 fully saturated rings. The maximum Gasteiger partial charge on any atom is 0.191 e. The molecule has 0 aliphatic heterocycles. The van der Waals surface area contributed by atoms with E-state index in [0.717, 1.165) is 36.3 Å². The second kappa shape index (κ2) is 11.5. The third kappa shape index (κ3) is 7.87. The largest absolute Gasteiger partial charge is 0.494 e. The Kier molecular flexibility index (Phi) is 10.0. The molecule has 0 radical (unpaired) electrons. The molecule has 6 heteroatoms. The highest BCUT2D eigenvalue weighted by molar-refractivity contribution is 14.0. The number of aliphatic imine (C=N–C) groups is 1. The lowest BCUT2D eigenvalue weighted by molar-refractivity contribution is 0.129. The number of rotatable bonds is 9. The zero-order valence-electron chi connectivity index (χ0n) is 14.0. The Morgan fingerprint density at radius 1 is 1.26 bits per heavy atom. The first kappa shape index (κ1) is 20.0. The standard InChI is InChI=1S/C17H27N3O2.HI/c1-3-22-16-7-5-4-6-15(16)12-20-17(18-2)19-10-11-21-13-14-8-9-14;/h4-7,14H,3,8-13H2,1-2H3,(H2,18,19,20);1H. The van der Waals surface area contributed by atoms with Crippen molar-refractivity contribution in [1.29, 1.82) is 0 Å². The van der Waals surface area contributed by atoms with Gasteiger partial charge in [0.15, 0.2) is 5.96 Å². The molecule has 1 aromatic rings. The van der Waals surface area contributed by atoms with Gasteiger partial charge < -0.3 is 20.1 Å². The van der Waals surface area contributed by atoms with Gasteiger partial charge in [0.1, 0.15) is 5.75 Å². The van der Waals surface area contributed by atoms with Gasteiger partial charge in [-0.2, -0.15) is 0 Å². The van der Waals surface area contributed by atoms with Crippen molar-refractivity contribution < 1.29 is 9.47 Å². The highest BCUT2D eigenvalue weighted by Crippen LogP contribution is 2.28. The Morgan fingerprint density at radius 2 is 2.04 bits per heavy atom. The highest BCUT2D eigenvalue weighted by Gasteiger charge is 2.20. The molecule has 0 unspecified atom stereocenters. The van der Waals surface area contributed by atoms with Crippen LogP contribution < -0.4 is 15.4 Å². The van der Waals surface area contributed by atoms with Crippen LogP contribution in [-0.2, 0) is 11.3 Å². The number of para-hydroxylation sites is 1. The van der Waals surface area contributed by atoms with Crippen LogP contribution in [0.5, 0.6) is 5.75 Å². The average Bonchev–Trinajstić information content (AvgIpc) is 3.36. The van der Waals surface area contributed by atoms with Gasteiger partial charge in [-0.25, -0.2) is 0 Å². The van der Waals surface area contributed by atoms with E-state index in [1.165, 1.54) is 12.8 Å².